The molecule has 4 amide bonds. The molecule has 2 heterocycles. The summed E-state index contributed by atoms with van der Waals surface area (Å²) in [5.41, 5.74) is 2.52. The summed E-state index contributed by atoms with van der Waals surface area (Å²) in [6.45, 7) is 0. The van der Waals surface area contributed by atoms with Gasteiger partial charge in [-0.25, -0.2) is 20.0 Å². The van der Waals surface area contributed by atoms with Gasteiger partial charge in [-0.3, -0.25) is 19.2 Å². The lowest BCUT2D eigenvalue weighted by Crippen LogP contribution is -2.41. The summed E-state index contributed by atoms with van der Waals surface area (Å²) in [7, 11) is 0. The molecule has 0 N–H and O–H groups in total. The highest BCUT2D eigenvalue weighted by molar-refractivity contribution is 6.27. The second-order valence-corrected chi connectivity index (χ2v) is 10.8. The number of carbonyl (C=O) groups is 4. The maximum absolute atomic E-state index is 14.6. The Labute approximate surface area is 260 Å². The van der Waals surface area contributed by atoms with Crippen LogP contribution in [0.1, 0.15) is 11.5 Å². The minimum Gasteiger partial charge on any atom is -0.272 e. The van der Waals surface area contributed by atoms with Crippen molar-refractivity contribution in [2.24, 2.45) is 11.8 Å². The van der Waals surface area contributed by atoms with Crippen molar-refractivity contribution in [3.63, 3.8) is 0 Å². The van der Waals surface area contributed by atoms with E-state index in [1.54, 1.807) is 121 Å². The van der Waals surface area contributed by atoms with Gasteiger partial charge in [-0.05, 0) is 54.1 Å². The van der Waals surface area contributed by atoms with Gasteiger partial charge in [-0.2, -0.15) is 0 Å². The summed E-state index contributed by atoms with van der Waals surface area (Å²) in [4.78, 5) is 58.4. The van der Waals surface area contributed by atoms with Crippen LogP contribution >= 0.6 is 0 Å². The van der Waals surface area contributed by atoms with Crippen LogP contribution in [0.4, 0.5) is 22.7 Å². The molecule has 8 nitrogen and oxygen atoms in total. The van der Waals surface area contributed by atoms with E-state index in [9.17, 15) is 19.2 Å². The first-order chi connectivity index (χ1) is 22.1. The minimum atomic E-state index is -1.36. The molecular weight excluding hydrogens is 564 g/mol. The first-order valence-corrected chi connectivity index (χ1v) is 14.7. The molecule has 5 aromatic carbocycles. The van der Waals surface area contributed by atoms with Crippen molar-refractivity contribution in [2.45, 2.75) is 5.92 Å². The molecule has 0 unspecified atom stereocenters. The van der Waals surface area contributed by atoms with Crippen molar-refractivity contribution in [3.8, 4) is 0 Å². The van der Waals surface area contributed by atoms with Gasteiger partial charge in [0.15, 0.2) is 0 Å². The van der Waals surface area contributed by atoms with Crippen molar-refractivity contribution < 1.29 is 19.2 Å². The van der Waals surface area contributed by atoms with Gasteiger partial charge in [0.25, 0.3) is 23.6 Å². The third kappa shape index (κ3) is 4.73. The molecule has 0 atom stereocenters. The van der Waals surface area contributed by atoms with Crippen LogP contribution in [0.2, 0.25) is 0 Å². The van der Waals surface area contributed by atoms with E-state index >= 15 is 0 Å². The number of hydrazine groups is 2. The molecular formula is C37H28N4O4. The molecule has 2 fully saturated rings. The molecule has 5 aromatic rings. The Hall–Kier alpha value is -6.02. The summed E-state index contributed by atoms with van der Waals surface area (Å²) in [6.07, 6.45) is 0. The van der Waals surface area contributed by atoms with Crippen LogP contribution in [0.3, 0.4) is 0 Å². The van der Waals surface area contributed by atoms with Crippen LogP contribution in [0.15, 0.2) is 152 Å². The van der Waals surface area contributed by atoms with Gasteiger partial charge in [-0.15, -0.1) is 0 Å². The number of benzene rings is 5. The molecule has 0 spiro atoms. The van der Waals surface area contributed by atoms with Crippen molar-refractivity contribution >= 4 is 46.4 Å². The third-order valence-corrected chi connectivity index (χ3v) is 8.20. The standard InChI is InChI=1S/C37H28N4O4/c42-34-32(35(43)39(28-20-10-3-11-21-28)38(34)27-18-8-2-9-19-27)31(26-16-6-1-7-17-26)33-36(44)40(29-22-12-4-13-23-29)41(37(33)45)30-24-14-5-15-25-30/h1-25,31-33H. The van der Waals surface area contributed by atoms with E-state index in [4.69, 9.17) is 0 Å². The number of hydrogen-bond donors (Lipinski definition) is 0. The minimum absolute atomic E-state index is 0.495. The van der Waals surface area contributed by atoms with Crippen LogP contribution < -0.4 is 20.0 Å². The average Bonchev–Trinajstić information content (AvgIpc) is 3.51. The summed E-state index contributed by atoms with van der Waals surface area (Å²) in [5, 5.41) is 5.41. The van der Waals surface area contributed by atoms with Gasteiger partial charge in [0.1, 0.15) is 11.8 Å². The number of hydrogen-bond acceptors (Lipinski definition) is 4. The molecule has 0 aliphatic carbocycles. The summed E-state index contributed by atoms with van der Waals surface area (Å²) in [5.74, 6) is -5.89. The average molecular weight is 593 g/mol. The zero-order valence-corrected chi connectivity index (χ0v) is 24.1. The lowest BCUT2D eigenvalue weighted by atomic mass is 9.75. The number of para-hydroxylation sites is 4. The van der Waals surface area contributed by atoms with Crippen LogP contribution in [0, 0.1) is 11.8 Å². The Kier molecular flexibility index (Phi) is 7.15. The molecule has 2 saturated heterocycles. The Morgan fingerprint density at radius 3 is 0.800 bits per heavy atom. The molecule has 2 aliphatic heterocycles. The number of anilines is 4. The van der Waals surface area contributed by atoms with Crippen LogP contribution in [0.5, 0.6) is 0 Å². The number of nitrogens with zero attached hydrogens (tertiary/aromatic N) is 4. The highest BCUT2D eigenvalue weighted by Crippen LogP contribution is 2.46. The number of amides is 4. The van der Waals surface area contributed by atoms with Crippen molar-refractivity contribution in [1.82, 2.24) is 0 Å². The van der Waals surface area contributed by atoms with Crippen molar-refractivity contribution in [1.29, 1.82) is 0 Å². The highest BCUT2D eigenvalue weighted by atomic mass is 16.2. The monoisotopic (exact) mass is 592 g/mol. The van der Waals surface area contributed by atoms with E-state index in [1.165, 1.54) is 20.0 Å². The van der Waals surface area contributed by atoms with Crippen LogP contribution in [0.25, 0.3) is 0 Å². The van der Waals surface area contributed by atoms with Gasteiger partial charge in [0, 0.05) is 5.92 Å². The first-order valence-electron chi connectivity index (χ1n) is 14.7. The van der Waals surface area contributed by atoms with E-state index in [2.05, 4.69) is 0 Å². The summed E-state index contributed by atoms with van der Waals surface area (Å²) in [6, 6.07) is 44.5. The molecule has 7 rings (SSSR count). The van der Waals surface area contributed by atoms with E-state index in [1.807, 2.05) is 30.3 Å². The van der Waals surface area contributed by atoms with E-state index in [0.29, 0.717) is 28.3 Å². The molecule has 2 aliphatic rings. The fraction of sp³-hybridized carbons (Fsp3) is 0.0811. The molecule has 0 radical (unpaired) electrons. The summed E-state index contributed by atoms with van der Waals surface area (Å²) >= 11 is 0. The normalized spacial score (nSPS) is 16.0. The predicted molar refractivity (Wildman–Crippen MR) is 172 cm³/mol. The zero-order valence-electron chi connectivity index (χ0n) is 24.1. The largest absolute Gasteiger partial charge is 0.272 e. The maximum Gasteiger partial charge on any atom is 0.259 e. The summed E-state index contributed by atoms with van der Waals surface area (Å²) < 4.78 is 0. The first kappa shape index (κ1) is 27.8. The number of rotatable bonds is 7. The second-order valence-electron chi connectivity index (χ2n) is 10.8. The SMILES string of the molecule is O=C1C(C(c2ccccc2)C2C(=O)N(c3ccccc3)N(c3ccccc3)C2=O)C(=O)N(c2ccccc2)N1c1ccccc1. The fourth-order valence-electron chi connectivity index (χ4n) is 6.25. The van der Waals surface area contributed by atoms with E-state index < -0.39 is 41.4 Å². The van der Waals surface area contributed by atoms with Crippen molar-refractivity contribution in [3.05, 3.63) is 157 Å². The third-order valence-electron chi connectivity index (χ3n) is 8.20. The zero-order chi connectivity index (χ0) is 30.9. The Balaban J connectivity index is 1.40. The van der Waals surface area contributed by atoms with Gasteiger partial charge in [-0.1, -0.05) is 103 Å². The van der Waals surface area contributed by atoms with Crippen molar-refractivity contribution in [2.75, 3.05) is 20.0 Å². The van der Waals surface area contributed by atoms with E-state index in [-0.39, 0.29) is 0 Å². The lowest BCUT2D eigenvalue weighted by molar-refractivity contribution is -0.132. The van der Waals surface area contributed by atoms with Gasteiger partial charge in [0.05, 0.1) is 22.7 Å². The molecule has 220 valence electrons. The molecule has 0 bridgehead atoms. The smallest absolute Gasteiger partial charge is 0.259 e. The highest BCUT2D eigenvalue weighted by Gasteiger charge is 2.59. The molecule has 0 saturated carbocycles. The maximum atomic E-state index is 14.6. The van der Waals surface area contributed by atoms with Gasteiger partial charge in [0.2, 0.25) is 0 Å². The topological polar surface area (TPSA) is 81.2 Å². The van der Waals surface area contributed by atoms with Crippen LogP contribution in [-0.4, -0.2) is 23.6 Å². The molecule has 8 heteroatoms. The Morgan fingerprint density at radius 1 is 0.333 bits per heavy atom. The quantitative estimate of drug-likeness (QED) is 0.218. The van der Waals surface area contributed by atoms with Gasteiger partial charge >= 0.3 is 0 Å². The second kappa shape index (κ2) is 11.6. The van der Waals surface area contributed by atoms with Gasteiger partial charge < -0.3 is 0 Å². The Bertz CT molecular complexity index is 1620. The number of carbonyl (C=O) groups excluding carboxylic acids is 4. The lowest BCUT2D eigenvalue weighted by Gasteiger charge is -2.27. The predicted octanol–water partition coefficient (Wildman–Crippen LogP) is 5.99. The fourth-order valence-corrected chi connectivity index (χ4v) is 6.25. The van der Waals surface area contributed by atoms with E-state index in [0.717, 1.165) is 0 Å². The molecule has 0 aromatic heterocycles. The van der Waals surface area contributed by atoms with Crippen LogP contribution in [-0.2, 0) is 19.2 Å². The Morgan fingerprint density at radius 2 is 0.556 bits per heavy atom. The molecule has 45 heavy (non-hydrogen) atoms.